The first kappa shape index (κ1) is 26.8. The molecule has 2 aromatic rings. The second-order valence-electron chi connectivity index (χ2n) is 7.06. The third-order valence-corrected chi connectivity index (χ3v) is 5.46. The van der Waals surface area contributed by atoms with Crippen LogP contribution in [-0.2, 0) is 14.8 Å². The Bertz CT molecular complexity index is 1070. The van der Waals surface area contributed by atoms with Crippen LogP contribution in [-0.4, -0.2) is 50.8 Å². The van der Waals surface area contributed by atoms with Crippen molar-refractivity contribution < 1.29 is 41.4 Å². The van der Waals surface area contributed by atoms with E-state index in [-0.39, 0.29) is 16.1 Å². The second kappa shape index (κ2) is 10.4. The number of rotatable bonds is 6. The number of nitrogens with zero attached hydrogens (tertiary/aromatic N) is 1. The Balaban J connectivity index is 0.000000633. The molecule has 176 valence electrons. The lowest BCUT2D eigenvalue weighted by atomic mass is 10.0. The third-order valence-electron chi connectivity index (χ3n) is 4.06. The van der Waals surface area contributed by atoms with E-state index in [4.69, 9.17) is 9.90 Å². The van der Waals surface area contributed by atoms with Gasteiger partial charge in [-0.05, 0) is 41.8 Å². The Morgan fingerprint density at radius 1 is 1.00 bits per heavy atom. The Morgan fingerprint density at radius 3 is 1.88 bits per heavy atom. The van der Waals surface area contributed by atoms with E-state index in [2.05, 4.69) is 4.72 Å². The number of aromatic carboxylic acids is 1. The fourth-order valence-corrected chi connectivity index (χ4v) is 3.46. The van der Waals surface area contributed by atoms with E-state index in [0.29, 0.717) is 11.6 Å². The zero-order valence-corrected chi connectivity index (χ0v) is 18.5. The molecule has 8 nitrogen and oxygen atoms in total. The molecule has 0 heterocycles. The molecule has 12 heteroatoms. The fraction of sp³-hybridized carbons (Fsp3) is 0.300. The zero-order valence-electron chi connectivity index (χ0n) is 17.6. The first-order valence-corrected chi connectivity index (χ1v) is 10.5. The number of carboxylic acid groups (broad SMARTS) is 2. The lowest BCUT2D eigenvalue weighted by Crippen LogP contribution is -2.21. The molecule has 0 unspecified atom stereocenters. The van der Waals surface area contributed by atoms with E-state index in [1.807, 2.05) is 13.8 Å². The number of hydrogen-bond acceptors (Lipinski definition) is 5. The van der Waals surface area contributed by atoms with Crippen molar-refractivity contribution in [3.05, 3.63) is 53.6 Å². The van der Waals surface area contributed by atoms with Crippen LogP contribution in [0.1, 0.15) is 35.7 Å². The van der Waals surface area contributed by atoms with E-state index in [1.54, 1.807) is 55.4 Å². The molecule has 0 aliphatic rings. The number of nitrogens with one attached hydrogen (secondary N) is 1. The number of carboxylic acids is 2. The molecule has 0 saturated carbocycles. The summed E-state index contributed by atoms with van der Waals surface area (Å²) in [5.74, 6) is -3.57. The maximum absolute atomic E-state index is 12.5. The number of sulfonamides is 1. The third kappa shape index (κ3) is 7.45. The Morgan fingerprint density at radius 2 is 1.50 bits per heavy atom. The topological polar surface area (TPSA) is 124 Å². The van der Waals surface area contributed by atoms with E-state index < -0.39 is 28.1 Å². The van der Waals surface area contributed by atoms with Gasteiger partial charge in [-0.2, -0.15) is 13.2 Å². The predicted octanol–water partition coefficient (Wildman–Crippen LogP) is 4.01. The molecule has 2 aromatic carbocycles. The maximum atomic E-state index is 12.5. The van der Waals surface area contributed by atoms with Crippen molar-refractivity contribution in [2.45, 2.75) is 30.8 Å². The van der Waals surface area contributed by atoms with Gasteiger partial charge >= 0.3 is 18.1 Å². The van der Waals surface area contributed by atoms with Gasteiger partial charge in [-0.1, -0.05) is 26.0 Å². The van der Waals surface area contributed by atoms with Crippen LogP contribution >= 0.6 is 0 Å². The van der Waals surface area contributed by atoms with Crippen LogP contribution in [0.2, 0.25) is 0 Å². The van der Waals surface area contributed by atoms with Crippen LogP contribution in [0.3, 0.4) is 0 Å². The van der Waals surface area contributed by atoms with Crippen molar-refractivity contribution in [3.63, 3.8) is 0 Å². The van der Waals surface area contributed by atoms with Gasteiger partial charge in [0.25, 0.3) is 10.0 Å². The predicted molar refractivity (Wildman–Crippen MR) is 113 cm³/mol. The van der Waals surface area contributed by atoms with Crippen molar-refractivity contribution in [2.75, 3.05) is 23.7 Å². The smallest absolute Gasteiger partial charge is 0.478 e. The van der Waals surface area contributed by atoms with Gasteiger partial charge in [0, 0.05) is 19.8 Å². The van der Waals surface area contributed by atoms with Crippen molar-refractivity contribution in [1.29, 1.82) is 0 Å². The first-order valence-electron chi connectivity index (χ1n) is 9.03. The summed E-state index contributed by atoms with van der Waals surface area (Å²) in [7, 11) is -0.340. The molecule has 0 saturated heterocycles. The number of alkyl halides is 3. The minimum Gasteiger partial charge on any atom is -0.478 e. The van der Waals surface area contributed by atoms with Crippen LogP contribution in [0.5, 0.6) is 0 Å². The van der Waals surface area contributed by atoms with Gasteiger partial charge in [0.1, 0.15) is 0 Å². The monoisotopic (exact) mass is 476 g/mol. The maximum Gasteiger partial charge on any atom is 0.490 e. The summed E-state index contributed by atoms with van der Waals surface area (Å²) in [5.41, 5.74) is 1.77. The number of halogens is 3. The first-order chi connectivity index (χ1) is 14.6. The summed E-state index contributed by atoms with van der Waals surface area (Å²) in [6.45, 7) is 4.06. The molecule has 0 fully saturated rings. The summed E-state index contributed by atoms with van der Waals surface area (Å²) in [4.78, 5) is 22.1. The molecule has 0 aromatic heterocycles. The van der Waals surface area contributed by atoms with Crippen LogP contribution in [0.15, 0.2) is 47.4 Å². The van der Waals surface area contributed by atoms with Gasteiger partial charge in [0.15, 0.2) is 0 Å². The molecule has 0 aliphatic carbocycles. The average molecular weight is 476 g/mol. The number of carbonyl (C=O) groups is 2. The van der Waals surface area contributed by atoms with Crippen molar-refractivity contribution in [1.82, 2.24) is 0 Å². The van der Waals surface area contributed by atoms with Crippen LogP contribution < -0.4 is 9.62 Å². The SMILES string of the molecule is CC(C)c1ccc(S(=O)(=O)Nc2ccc(N(C)C)c(C(=O)O)c2)cc1.O=C(O)C(F)(F)F. The molecule has 3 N–H and O–H groups in total. The van der Waals surface area contributed by atoms with E-state index in [0.717, 1.165) is 5.56 Å². The molecular formula is C20H23F3N2O6S. The van der Waals surface area contributed by atoms with E-state index in [1.165, 1.54) is 6.07 Å². The normalized spacial score (nSPS) is 11.4. The number of hydrogen-bond donors (Lipinski definition) is 3. The van der Waals surface area contributed by atoms with Crippen molar-refractivity contribution in [3.8, 4) is 0 Å². The Kier molecular flexibility index (Phi) is 8.66. The lowest BCUT2D eigenvalue weighted by molar-refractivity contribution is -0.192. The van der Waals surface area contributed by atoms with Gasteiger partial charge in [0.2, 0.25) is 0 Å². The van der Waals surface area contributed by atoms with Gasteiger partial charge in [-0.3, -0.25) is 4.72 Å². The van der Waals surface area contributed by atoms with Crippen molar-refractivity contribution >= 4 is 33.3 Å². The number of aliphatic carboxylic acids is 1. The molecule has 2 rings (SSSR count). The molecule has 0 radical (unpaired) electrons. The van der Waals surface area contributed by atoms with E-state index >= 15 is 0 Å². The standard InChI is InChI=1S/C18H22N2O4S.C2HF3O2/c1-12(2)13-5-8-15(9-6-13)25(23,24)19-14-7-10-17(20(3)4)16(11-14)18(21)22;3-2(4,5)1(6)7/h5-12,19H,1-4H3,(H,21,22);(H,6,7). The quantitative estimate of drug-likeness (QED) is 0.575. The van der Waals surface area contributed by atoms with Crippen LogP contribution in [0.4, 0.5) is 24.5 Å². The van der Waals surface area contributed by atoms with Gasteiger partial charge in [0.05, 0.1) is 16.1 Å². The van der Waals surface area contributed by atoms with Crippen molar-refractivity contribution in [2.24, 2.45) is 0 Å². The minimum atomic E-state index is -5.08. The highest BCUT2D eigenvalue weighted by molar-refractivity contribution is 7.92. The fourth-order valence-electron chi connectivity index (χ4n) is 2.41. The Labute approximate surface area is 183 Å². The molecule has 0 aliphatic heterocycles. The van der Waals surface area contributed by atoms with E-state index in [9.17, 15) is 31.5 Å². The Hall–Kier alpha value is -3.28. The second-order valence-corrected chi connectivity index (χ2v) is 8.75. The summed E-state index contributed by atoms with van der Waals surface area (Å²) in [5, 5.41) is 16.5. The summed E-state index contributed by atoms with van der Waals surface area (Å²) < 4.78 is 59.2. The number of anilines is 2. The minimum absolute atomic E-state index is 0.0281. The van der Waals surface area contributed by atoms with Crippen LogP contribution in [0, 0.1) is 0 Å². The molecular weight excluding hydrogens is 453 g/mol. The lowest BCUT2D eigenvalue weighted by Gasteiger charge is -2.17. The summed E-state index contributed by atoms with van der Waals surface area (Å²) in [6.07, 6.45) is -5.08. The summed E-state index contributed by atoms with van der Waals surface area (Å²) in [6, 6.07) is 11.1. The largest absolute Gasteiger partial charge is 0.490 e. The molecule has 0 atom stereocenters. The highest BCUT2D eigenvalue weighted by Crippen LogP contribution is 2.25. The zero-order chi connectivity index (χ0) is 24.9. The molecule has 0 amide bonds. The highest BCUT2D eigenvalue weighted by atomic mass is 32.2. The molecule has 0 spiro atoms. The average Bonchev–Trinajstić information content (AvgIpc) is 2.67. The summed E-state index contributed by atoms with van der Waals surface area (Å²) >= 11 is 0. The van der Waals surface area contributed by atoms with Crippen LogP contribution in [0.25, 0.3) is 0 Å². The molecule has 0 bridgehead atoms. The number of benzene rings is 2. The highest BCUT2D eigenvalue weighted by Gasteiger charge is 2.38. The van der Waals surface area contributed by atoms with Gasteiger partial charge in [-0.25, -0.2) is 18.0 Å². The molecule has 32 heavy (non-hydrogen) atoms. The van der Waals surface area contributed by atoms with Gasteiger partial charge < -0.3 is 15.1 Å². The van der Waals surface area contributed by atoms with Gasteiger partial charge in [-0.15, -0.1) is 0 Å².